The maximum absolute atomic E-state index is 13.9. The minimum atomic E-state index is -0.148. The molecule has 32 heavy (non-hydrogen) atoms. The highest BCUT2D eigenvalue weighted by Gasteiger charge is 2.25. The molecule has 0 saturated carbocycles. The molecule has 1 N–H and O–H groups in total. The average Bonchev–Trinajstić information content (AvgIpc) is 3.09. The van der Waals surface area contributed by atoms with Gasteiger partial charge >= 0.3 is 0 Å². The Bertz CT molecular complexity index is 853. The second kappa shape index (κ2) is 11.6. The second-order valence-electron chi connectivity index (χ2n) is 9.37. The molecule has 0 bridgehead atoms. The van der Waals surface area contributed by atoms with Crippen molar-refractivity contribution in [2.45, 2.75) is 58.2 Å². The lowest BCUT2D eigenvalue weighted by Crippen LogP contribution is -2.40. The zero-order chi connectivity index (χ0) is 22.2. The van der Waals surface area contributed by atoms with Gasteiger partial charge in [-0.05, 0) is 69.1 Å². The van der Waals surface area contributed by atoms with E-state index in [-0.39, 0.29) is 17.6 Å². The molecule has 0 spiro atoms. The summed E-state index contributed by atoms with van der Waals surface area (Å²) in [4.78, 5) is 17.5. The maximum Gasteiger partial charge on any atom is 0.223 e. The van der Waals surface area contributed by atoms with Gasteiger partial charge in [-0.3, -0.25) is 14.6 Å². The van der Waals surface area contributed by atoms with Gasteiger partial charge in [0.15, 0.2) is 0 Å². The van der Waals surface area contributed by atoms with Crippen LogP contribution in [-0.2, 0) is 24.4 Å². The number of benzene rings is 2. The van der Waals surface area contributed by atoms with Crippen molar-refractivity contribution in [1.29, 1.82) is 0 Å². The van der Waals surface area contributed by atoms with Crippen LogP contribution in [0.4, 0.5) is 4.39 Å². The fourth-order valence-corrected chi connectivity index (χ4v) is 4.87. The van der Waals surface area contributed by atoms with Crippen LogP contribution in [-0.4, -0.2) is 41.9 Å². The lowest BCUT2D eigenvalue weighted by Gasteiger charge is -2.31. The first-order valence-electron chi connectivity index (χ1n) is 12.2. The summed E-state index contributed by atoms with van der Waals surface area (Å²) >= 11 is 0. The number of amides is 1. The zero-order valence-electron chi connectivity index (χ0n) is 19.1. The molecule has 0 aromatic heterocycles. The van der Waals surface area contributed by atoms with E-state index in [9.17, 15) is 9.18 Å². The maximum atomic E-state index is 13.9. The standard InChI is InChI=1S/C27H36FN3O/c28-26-8-4-3-7-25(26)21-31-17-13-24(14-18-31)27(32)29-19-22-9-11-23(12-10-22)20-30-15-5-1-2-6-16-30/h3-4,7-12,24H,1-2,5-6,13-21H2,(H,29,32). The van der Waals surface area contributed by atoms with Crippen LogP contribution >= 0.6 is 0 Å². The molecule has 2 heterocycles. The molecule has 0 unspecified atom stereocenters. The van der Waals surface area contributed by atoms with Crippen molar-refractivity contribution in [2.75, 3.05) is 26.2 Å². The first-order chi connectivity index (χ1) is 15.7. The number of halogens is 1. The quantitative estimate of drug-likeness (QED) is 0.680. The van der Waals surface area contributed by atoms with Gasteiger partial charge in [-0.15, -0.1) is 0 Å². The monoisotopic (exact) mass is 437 g/mol. The van der Waals surface area contributed by atoms with E-state index in [1.54, 1.807) is 6.07 Å². The Morgan fingerprint density at radius 2 is 1.44 bits per heavy atom. The van der Waals surface area contributed by atoms with Gasteiger partial charge in [-0.25, -0.2) is 4.39 Å². The number of nitrogens with zero attached hydrogens (tertiary/aromatic N) is 2. The molecule has 5 heteroatoms. The van der Waals surface area contributed by atoms with Gasteiger partial charge in [-0.1, -0.05) is 55.3 Å². The predicted molar refractivity (Wildman–Crippen MR) is 126 cm³/mol. The van der Waals surface area contributed by atoms with Crippen LogP contribution < -0.4 is 5.32 Å². The summed E-state index contributed by atoms with van der Waals surface area (Å²) in [5.41, 5.74) is 3.23. The highest BCUT2D eigenvalue weighted by molar-refractivity contribution is 5.78. The first-order valence-corrected chi connectivity index (χ1v) is 12.2. The molecular weight excluding hydrogens is 401 g/mol. The molecule has 2 fully saturated rings. The number of carbonyl (C=O) groups is 1. The summed E-state index contributed by atoms with van der Waals surface area (Å²) in [6.07, 6.45) is 7.00. The van der Waals surface area contributed by atoms with Crippen LogP contribution in [0.15, 0.2) is 48.5 Å². The highest BCUT2D eigenvalue weighted by Crippen LogP contribution is 2.20. The summed E-state index contributed by atoms with van der Waals surface area (Å²) in [5, 5.41) is 3.12. The summed E-state index contributed by atoms with van der Waals surface area (Å²) in [7, 11) is 0. The molecule has 0 atom stereocenters. The lowest BCUT2D eigenvalue weighted by atomic mass is 9.95. The van der Waals surface area contributed by atoms with Gasteiger partial charge < -0.3 is 5.32 Å². The number of carbonyl (C=O) groups excluding carboxylic acids is 1. The van der Waals surface area contributed by atoms with Gasteiger partial charge in [-0.2, -0.15) is 0 Å². The van der Waals surface area contributed by atoms with E-state index in [4.69, 9.17) is 0 Å². The number of hydrogen-bond donors (Lipinski definition) is 1. The Kier molecular flexibility index (Phi) is 8.30. The van der Waals surface area contributed by atoms with Crippen LogP contribution in [0.25, 0.3) is 0 Å². The van der Waals surface area contributed by atoms with Crippen molar-refractivity contribution in [1.82, 2.24) is 15.1 Å². The Morgan fingerprint density at radius 3 is 2.12 bits per heavy atom. The third-order valence-electron chi connectivity index (χ3n) is 6.90. The molecule has 4 nitrogen and oxygen atoms in total. The Labute approximate surface area is 191 Å². The summed E-state index contributed by atoms with van der Waals surface area (Å²) < 4.78 is 13.9. The van der Waals surface area contributed by atoms with Gasteiger partial charge in [0.2, 0.25) is 5.91 Å². The molecule has 4 rings (SSSR count). The molecule has 2 aromatic carbocycles. The fourth-order valence-electron chi connectivity index (χ4n) is 4.87. The van der Waals surface area contributed by atoms with Crippen molar-refractivity contribution in [2.24, 2.45) is 5.92 Å². The first kappa shape index (κ1) is 22.9. The van der Waals surface area contributed by atoms with Crippen LogP contribution in [0, 0.1) is 11.7 Å². The van der Waals surface area contributed by atoms with E-state index in [1.807, 2.05) is 12.1 Å². The molecular formula is C27H36FN3O. The van der Waals surface area contributed by atoms with E-state index in [0.717, 1.165) is 43.6 Å². The smallest absolute Gasteiger partial charge is 0.223 e. The third kappa shape index (κ3) is 6.63. The largest absolute Gasteiger partial charge is 0.352 e. The number of nitrogens with one attached hydrogen (secondary N) is 1. The topological polar surface area (TPSA) is 35.6 Å². The minimum absolute atomic E-state index is 0.0502. The molecule has 0 aliphatic carbocycles. The zero-order valence-corrected chi connectivity index (χ0v) is 19.1. The van der Waals surface area contributed by atoms with E-state index in [2.05, 4.69) is 39.4 Å². The van der Waals surface area contributed by atoms with Crippen LogP contribution in [0.5, 0.6) is 0 Å². The molecule has 2 aliphatic rings. The van der Waals surface area contributed by atoms with Gasteiger partial charge in [0.05, 0.1) is 0 Å². The molecule has 2 aliphatic heterocycles. The number of piperidine rings is 1. The molecule has 2 aromatic rings. The Hall–Kier alpha value is -2.24. The van der Waals surface area contributed by atoms with Crippen molar-refractivity contribution in [3.63, 3.8) is 0 Å². The summed E-state index contributed by atoms with van der Waals surface area (Å²) in [5.74, 6) is 0.0446. The molecule has 2 saturated heterocycles. The van der Waals surface area contributed by atoms with Crippen molar-refractivity contribution >= 4 is 5.91 Å². The third-order valence-corrected chi connectivity index (χ3v) is 6.90. The van der Waals surface area contributed by atoms with Gasteiger partial charge in [0.25, 0.3) is 0 Å². The number of rotatable bonds is 7. The van der Waals surface area contributed by atoms with Crippen molar-refractivity contribution < 1.29 is 9.18 Å². The normalized spacial score (nSPS) is 18.9. The number of likely N-dealkylation sites (tertiary alicyclic amines) is 2. The molecule has 172 valence electrons. The van der Waals surface area contributed by atoms with E-state index >= 15 is 0 Å². The van der Waals surface area contributed by atoms with Crippen LogP contribution in [0.1, 0.15) is 55.2 Å². The predicted octanol–water partition coefficient (Wildman–Crippen LogP) is 4.73. The summed E-state index contributed by atoms with van der Waals surface area (Å²) in [6, 6.07) is 15.6. The van der Waals surface area contributed by atoms with Crippen molar-refractivity contribution in [3.8, 4) is 0 Å². The fraction of sp³-hybridized carbons (Fsp3) is 0.519. The van der Waals surface area contributed by atoms with E-state index < -0.39 is 0 Å². The van der Waals surface area contributed by atoms with E-state index in [1.165, 1.54) is 50.4 Å². The van der Waals surface area contributed by atoms with Crippen LogP contribution in [0.2, 0.25) is 0 Å². The highest BCUT2D eigenvalue weighted by atomic mass is 19.1. The number of hydrogen-bond acceptors (Lipinski definition) is 3. The second-order valence-corrected chi connectivity index (χ2v) is 9.37. The SMILES string of the molecule is O=C(NCc1ccc(CN2CCCCCC2)cc1)C1CCN(Cc2ccccc2F)CC1. The average molecular weight is 438 g/mol. The molecule has 0 radical (unpaired) electrons. The molecule has 1 amide bonds. The van der Waals surface area contributed by atoms with Gasteiger partial charge in [0, 0.05) is 31.1 Å². The Balaban J connectivity index is 1.18. The van der Waals surface area contributed by atoms with Crippen molar-refractivity contribution in [3.05, 3.63) is 71.0 Å². The van der Waals surface area contributed by atoms with E-state index in [0.29, 0.717) is 13.1 Å². The lowest BCUT2D eigenvalue weighted by molar-refractivity contribution is -0.126. The minimum Gasteiger partial charge on any atom is -0.352 e. The Morgan fingerprint density at radius 1 is 0.812 bits per heavy atom. The summed E-state index contributed by atoms with van der Waals surface area (Å²) in [6.45, 7) is 6.30. The van der Waals surface area contributed by atoms with Crippen LogP contribution in [0.3, 0.4) is 0 Å². The van der Waals surface area contributed by atoms with Gasteiger partial charge in [0.1, 0.15) is 5.82 Å².